The number of allylic oxidation sites excluding steroid dienone is 7. The van der Waals surface area contributed by atoms with Crippen molar-refractivity contribution in [1.82, 2.24) is 0 Å². The van der Waals surface area contributed by atoms with Crippen molar-refractivity contribution in [2.75, 3.05) is 6.61 Å². The second kappa shape index (κ2) is 10.8. The minimum Gasteiger partial charge on any atom is -0.547 e. The lowest BCUT2D eigenvalue weighted by Crippen LogP contribution is -2.61. The molecule has 0 saturated heterocycles. The van der Waals surface area contributed by atoms with Crippen LogP contribution in [0.1, 0.15) is 39.5 Å². The van der Waals surface area contributed by atoms with Crippen molar-refractivity contribution in [3.05, 3.63) is 47.0 Å². The predicted octanol–water partition coefficient (Wildman–Crippen LogP) is 9.18. The van der Waals surface area contributed by atoms with Gasteiger partial charge in [0, 0.05) is 17.3 Å². The molecule has 5 nitrogen and oxygen atoms in total. The topological polar surface area (TPSA) is 54.0 Å². The van der Waals surface area contributed by atoms with Gasteiger partial charge in [0.2, 0.25) is 16.6 Å². The van der Waals surface area contributed by atoms with Crippen molar-refractivity contribution in [3.8, 4) is 0 Å². The maximum atomic E-state index is 14.4. The van der Waals surface area contributed by atoms with E-state index < -0.39 is 38.9 Å². The average Bonchev–Trinajstić information content (AvgIpc) is 3.06. The molecule has 0 aromatic carbocycles. The molecule has 1 fully saturated rings. The smallest absolute Gasteiger partial charge is 0.242 e. The molecule has 0 aromatic heterocycles. The maximum Gasteiger partial charge on any atom is 0.242 e. The first-order chi connectivity index (χ1) is 18.9. The minimum absolute atomic E-state index is 0.139. The zero-order valence-electron chi connectivity index (χ0n) is 29.0. The number of hydrogen-bond donors (Lipinski definition) is 0. The van der Waals surface area contributed by atoms with E-state index in [-0.39, 0.29) is 23.2 Å². The fourth-order valence-electron chi connectivity index (χ4n) is 7.92. The Morgan fingerprint density at radius 2 is 1.50 bits per heavy atom. The fourth-order valence-corrected chi connectivity index (χ4v) is 11.7. The van der Waals surface area contributed by atoms with E-state index in [1.807, 2.05) is 0 Å². The molecular weight excluding hydrogens is 589 g/mol. The second-order valence-corrected chi connectivity index (χ2v) is 35.3. The lowest BCUT2D eigenvalue weighted by Gasteiger charge is -2.56. The van der Waals surface area contributed by atoms with Gasteiger partial charge in [-0.05, 0) is 140 Å². The van der Waals surface area contributed by atoms with Crippen LogP contribution < -0.4 is 0 Å². The number of hydrogen-bond acceptors (Lipinski definition) is 5. The monoisotopic (exact) mass is 646 g/mol. The van der Waals surface area contributed by atoms with Crippen molar-refractivity contribution < 1.29 is 22.5 Å². The normalized spacial score (nSPS) is 33.4. The second-order valence-electron chi connectivity index (χ2n) is 17.5. The predicted molar refractivity (Wildman–Crippen MR) is 184 cm³/mol. The molecule has 5 atom stereocenters. The largest absolute Gasteiger partial charge is 0.547 e. The molecular formula is C33H58O5Si4. The van der Waals surface area contributed by atoms with Crippen molar-refractivity contribution in [1.29, 1.82) is 0 Å². The van der Waals surface area contributed by atoms with Gasteiger partial charge in [-0.25, -0.2) is 0 Å². The van der Waals surface area contributed by atoms with Gasteiger partial charge < -0.3 is 17.7 Å². The summed E-state index contributed by atoms with van der Waals surface area (Å²) in [4.78, 5) is 14.4. The maximum absolute atomic E-state index is 14.4. The van der Waals surface area contributed by atoms with E-state index in [4.69, 9.17) is 17.7 Å². The van der Waals surface area contributed by atoms with E-state index in [0.29, 0.717) is 11.8 Å². The third kappa shape index (κ3) is 6.66. The molecule has 0 bridgehead atoms. The molecule has 0 radical (unpaired) electrons. The number of carbonyl (C=O) groups is 1. The molecule has 4 aliphatic rings. The van der Waals surface area contributed by atoms with Gasteiger partial charge in [-0.3, -0.25) is 4.79 Å². The highest BCUT2D eigenvalue weighted by Crippen LogP contribution is 2.67. The molecule has 4 aliphatic carbocycles. The van der Waals surface area contributed by atoms with Gasteiger partial charge >= 0.3 is 0 Å². The Hall–Kier alpha value is -0.982. The van der Waals surface area contributed by atoms with Crippen LogP contribution in [0.2, 0.25) is 78.6 Å². The van der Waals surface area contributed by atoms with Crippen LogP contribution in [-0.4, -0.2) is 51.3 Å². The summed E-state index contributed by atoms with van der Waals surface area (Å²) in [5.74, 6) is 2.86. The number of ketones is 1. The minimum atomic E-state index is -2.09. The van der Waals surface area contributed by atoms with Crippen LogP contribution in [0.4, 0.5) is 0 Å². The van der Waals surface area contributed by atoms with E-state index in [0.717, 1.165) is 37.2 Å². The Bertz CT molecular complexity index is 1220. The Balaban J connectivity index is 1.85. The summed E-state index contributed by atoms with van der Waals surface area (Å²) in [6.45, 7) is 31.5. The highest BCUT2D eigenvalue weighted by atomic mass is 28.4. The van der Waals surface area contributed by atoms with Crippen LogP contribution >= 0.6 is 0 Å². The van der Waals surface area contributed by atoms with E-state index in [1.165, 1.54) is 11.1 Å². The third-order valence-electron chi connectivity index (χ3n) is 9.28. The van der Waals surface area contributed by atoms with Gasteiger partial charge in [0.05, 0.1) is 12.4 Å². The van der Waals surface area contributed by atoms with Crippen LogP contribution in [-0.2, 0) is 22.5 Å². The fraction of sp³-hybridized carbons (Fsp3) is 0.727. The molecule has 0 heterocycles. The molecule has 9 heteroatoms. The Morgan fingerprint density at radius 3 is 2.05 bits per heavy atom. The standard InChI is InChI=1S/C33H58O5Si4/c1-31-19-17-25(36-40(6,7)8)21-24(31)15-16-26-27-18-20-33(38-42(12,13)14,29(34)23-35-39(3,4)5)32(27,2)22-28(30(26)31)37-41(9,10)11/h15,17,19,21,26-27H,16,18,20,22-23H2,1-14H3/t26?,27?,31-,32-,33-/m0/s1. The van der Waals surface area contributed by atoms with Gasteiger partial charge in [-0.2, -0.15) is 0 Å². The summed E-state index contributed by atoms with van der Waals surface area (Å²) in [6, 6.07) is 0. The number of carbonyl (C=O) groups excluding carboxylic acids is 1. The molecule has 1 saturated carbocycles. The van der Waals surface area contributed by atoms with Crippen LogP contribution in [0, 0.1) is 22.7 Å². The van der Waals surface area contributed by atoms with Crippen molar-refractivity contribution in [3.63, 3.8) is 0 Å². The first-order valence-corrected chi connectivity index (χ1v) is 29.6. The van der Waals surface area contributed by atoms with Crippen LogP contribution in [0.3, 0.4) is 0 Å². The molecule has 0 spiro atoms. The summed E-state index contributed by atoms with van der Waals surface area (Å²) in [7, 11) is -7.66. The van der Waals surface area contributed by atoms with Crippen molar-refractivity contribution in [2.24, 2.45) is 22.7 Å². The molecule has 236 valence electrons. The zero-order chi connectivity index (χ0) is 31.7. The van der Waals surface area contributed by atoms with Crippen LogP contribution in [0.15, 0.2) is 47.0 Å². The van der Waals surface area contributed by atoms with Gasteiger partial charge in [-0.15, -0.1) is 0 Å². The van der Waals surface area contributed by atoms with Gasteiger partial charge in [0.1, 0.15) is 11.4 Å². The molecule has 42 heavy (non-hydrogen) atoms. The van der Waals surface area contributed by atoms with Crippen LogP contribution in [0.5, 0.6) is 0 Å². The molecule has 0 amide bonds. The first-order valence-electron chi connectivity index (χ1n) is 16.0. The van der Waals surface area contributed by atoms with Crippen molar-refractivity contribution >= 4 is 39.1 Å². The molecule has 2 unspecified atom stereocenters. The molecule has 0 N–H and O–H groups in total. The van der Waals surface area contributed by atoms with Gasteiger partial charge in [-0.1, -0.05) is 19.1 Å². The SMILES string of the molecule is C[C@]12C=CC(O[Si](C)(C)C)=CC1=CCC1C2=C(O[Si](C)(C)C)C[C@@]2(C)C1CC[C@]2(O[Si](C)(C)C)C(=O)CO[Si](C)(C)C. The van der Waals surface area contributed by atoms with Gasteiger partial charge in [0.25, 0.3) is 0 Å². The lowest BCUT2D eigenvalue weighted by atomic mass is 9.52. The molecule has 0 aliphatic heterocycles. The van der Waals surface area contributed by atoms with Gasteiger partial charge in [0.15, 0.2) is 22.4 Å². The summed E-state index contributed by atoms with van der Waals surface area (Å²) < 4.78 is 26.9. The Morgan fingerprint density at radius 1 is 0.881 bits per heavy atom. The molecule has 0 aromatic rings. The number of Topliss-reactive ketones (excluding diaryl/α,β-unsaturated/α-hetero) is 1. The Labute approximate surface area is 260 Å². The molecule has 4 rings (SSSR count). The van der Waals surface area contributed by atoms with E-state index in [2.05, 4.69) is 117 Å². The van der Waals surface area contributed by atoms with E-state index >= 15 is 0 Å². The highest BCUT2D eigenvalue weighted by Gasteiger charge is 2.67. The Kier molecular flexibility index (Phi) is 8.74. The van der Waals surface area contributed by atoms with E-state index in [9.17, 15) is 4.79 Å². The zero-order valence-corrected chi connectivity index (χ0v) is 33.0. The highest BCUT2D eigenvalue weighted by molar-refractivity contribution is 6.71. The average molecular weight is 647 g/mol. The quantitative estimate of drug-likeness (QED) is 0.222. The summed E-state index contributed by atoms with van der Waals surface area (Å²) in [5, 5.41) is 0. The van der Waals surface area contributed by atoms with E-state index in [1.54, 1.807) is 0 Å². The van der Waals surface area contributed by atoms with Crippen molar-refractivity contribution in [2.45, 2.75) is 124 Å². The number of rotatable bonds is 10. The lowest BCUT2D eigenvalue weighted by molar-refractivity contribution is -0.152. The summed E-state index contributed by atoms with van der Waals surface area (Å²) >= 11 is 0. The third-order valence-corrected chi connectivity index (χ3v) is 13.0. The number of fused-ring (bicyclic) bond motifs is 5. The van der Waals surface area contributed by atoms with Crippen LogP contribution in [0.25, 0.3) is 0 Å². The summed E-state index contributed by atoms with van der Waals surface area (Å²) in [5.41, 5.74) is 1.28. The first kappa shape index (κ1) is 33.9. The summed E-state index contributed by atoms with van der Waals surface area (Å²) in [6.07, 6.45) is 12.7.